The van der Waals surface area contributed by atoms with Crippen LogP contribution in [0, 0.1) is 10.1 Å². The van der Waals surface area contributed by atoms with Crippen LogP contribution in [0.15, 0.2) is 23.1 Å². The maximum Gasteiger partial charge on any atom is 0.291 e. The first kappa shape index (κ1) is 15.7. The second-order valence-corrected chi connectivity index (χ2v) is 6.83. The third-order valence-corrected chi connectivity index (χ3v) is 4.90. The highest BCUT2D eigenvalue weighted by atomic mass is 32.2. The van der Waals surface area contributed by atoms with Crippen molar-refractivity contribution in [1.82, 2.24) is 9.62 Å². The van der Waals surface area contributed by atoms with E-state index in [1.54, 1.807) is 0 Å². The van der Waals surface area contributed by atoms with E-state index in [4.69, 9.17) is 5.73 Å². The molecule has 1 aliphatic carbocycles. The fraction of sp³-hybridized carbons (Fsp3) is 0.500. The maximum atomic E-state index is 12.2. The van der Waals surface area contributed by atoms with E-state index in [1.165, 1.54) is 6.07 Å². The molecule has 1 aliphatic rings. The van der Waals surface area contributed by atoms with E-state index >= 15 is 0 Å². The molecule has 0 atom stereocenters. The van der Waals surface area contributed by atoms with Gasteiger partial charge in [-0.1, -0.05) is 0 Å². The molecule has 2 rings (SSSR count). The fourth-order valence-electron chi connectivity index (χ4n) is 2.04. The molecular formula is C12H18N4O4S. The normalized spacial score (nSPS) is 15.3. The molecule has 3 N–H and O–H groups in total. The average Bonchev–Trinajstić information content (AvgIpc) is 3.22. The minimum atomic E-state index is -3.93. The lowest BCUT2D eigenvalue weighted by molar-refractivity contribution is -0.387. The maximum absolute atomic E-state index is 12.2. The molecule has 0 radical (unpaired) electrons. The van der Waals surface area contributed by atoms with Crippen molar-refractivity contribution in [3.05, 3.63) is 28.3 Å². The number of hydrogen-bond donors (Lipinski definition) is 2. The van der Waals surface area contributed by atoms with Gasteiger partial charge in [0.05, 0.1) is 4.92 Å². The zero-order valence-corrected chi connectivity index (χ0v) is 12.5. The summed E-state index contributed by atoms with van der Waals surface area (Å²) in [5, 5.41) is 10.9. The Morgan fingerprint density at radius 3 is 2.71 bits per heavy atom. The molecule has 0 spiro atoms. The van der Waals surface area contributed by atoms with Gasteiger partial charge in [0.25, 0.3) is 5.69 Å². The molecule has 0 bridgehead atoms. The lowest BCUT2D eigenvalue weighted by atomic mass is 10.3. The summed E-state index contributed by atoms with van der Waals surface area (Å²) in [7, 11) is -2.00. The minimum absolute atomic E-state index is 0.147. The Balaban J connectivity index is 2.09. The molecular weight excluding hydrogens is 296 g/mol. The molecule has 0 amide bonds. The van der Waals surface area contributed by atoms with Gasteiger partial charge in [0.15, 0.2) is 4.90 Å². The number of anilines is 1. The van der Waals surface area contributed by atoms with Crippen LogP contribution in [0.4, 0.5) is 11.4 Å². The number of nitro benzene ring substituents is 1. The Hall–Kier alpha value is -1.71. The molecule has 21 heavy (non-hydrogen) atoms. The van der Waals surface area contributed by atoms with Crippen molar-refractivity contribution in [1.29, 1.82) is 0 Å². The molecule has 0 unspecified atom stereocenters. The summed E-state index contributed by atoms with van der Waals surface area (Å²) in [6.45, 7) is 0.767. The standard InChI is InChI=1S/C12H18N4O4S/c1-15(10-3-4-10)7-6-14-21(19,20)12-5-2-9(13)8-11(12)16(17)18/h2,5,8,10,14H,3-4,6-7,13H2,1H3. The molecule has 8 nitrogen and oxygen atoms in total. The minimum Gasteiger partial charge on any atom is -0.399 e. The molecule has 1 fully saturated rings. The largest absolute Gasteiger partial charge is 0.399 e. The van der Waals surface area contributed by atoms with Gasteiger partial charge in [0.2, 0.25) is 10.0 Å². The Kier molecular flexibility index (Phi) is 4.45. The van der Waals surface area contributed by atoms with Gasteiger partial charge in [-0.2, -0.15) is 0 Å². The van der Waals surface area contributed by atoms with Gasteiger partial charge in [0, 0.05) is 30.9 Å². The van der Waals surface area contributed by atoms with Crippen molar-refractivity contribution < 1.29 is 13.3 Å². The van der Waals surface area contributed by atoms with Crippen LogP contribution in [0.25, 0.3) is 0 Å². The number of rotatable bonds is 7. The molecule has 0 aliphatic heterocycles. The first-order valence-electron chi connectivity index (χ1n) is 6.55. The molecule has 0 aromatic heterocycles. The van der Waals surface area contributed by atoms with E-state index in [9.17, 15) is 18.5 Å². The molecule has 9 heteroatoms. The summed E-state index contributed by atoms with van der Waals surface area (Å²) in [4.78, 5) is 11.9. The van der Waals surface area contributed by atoms with E-state index in [0.29, 0.717) is 12.6 Å². The highest BCUT2D eigenvalue weighted by Gasteiger charge is 2.28. The van der Waals surface area contributed by atoms with Crippen LogP contribution in [0.5, 0.6) is 0 Å². The quantitative estimate of drug-likeness (QED) is 0.431. The van der Waals surface area contributed by atoms with Gasteiger partial charge >= 0.3 is 0 Å². The topological polar surface area (TPSA) is 119 Å². The van der Waals surface area contributed by atoms with Gasteiger partial charge in [-0.05, 0) is 32.0 Å². The fourth-order valence-corrected chi connectivity index (χ4v) is 3.21. The van der Waals surface area contributed by atoms with Crippen LogP contribution >= 0.6 is 0 Å². The Labute approximate surface area is 123 Å². The summed E-state index contributed by atoms with van der Waals surface area (Å²) in [5.41, 5.74) is 5.09. The van der Waals surface area contributed by atoms with Crippen LogP contribution in [-0.2, 0) is 10.0 Å². The van der Waals surface area contributed by atoms with Crippen molar-refractivity contribution in [3.63, 3.8) is 0 Å². The lowest BCUT2D eigenvalue weighted by Crippen LogP contribution is -2.34. The third-order valence-electron chi connectivity index (χ3n) is 3.40. The molecule has 0 saturated heterocycles. The predicted molar refractivity (Wildman–Crippen MR) is 78.3 cm³/mol. The summed E-state index contributed by atoms with van der Waals surface area (Å²) in [6.07, 6.45) is 2.26. The smallest absolute Gasteiger partial charge is 0.291 e. The first-order valence-corrected chi connectivity index (χ1v) is 8.03. The van der Waals surface area contributed by atoms with Crippen LogP contribution in [0.1, 0.15) is 12.8 Å². The van der Waals surface area contributed by atoms with E-state index in [1.807, 2.05) is 7.05 Å². The Morgan fingerprint density at radius 2 is 2.14 bits per heavy atom. The van der Waals surface area contributed by atoms with Crippen LogP contribution < -0.4 is 10.5 Å². The van der Waals surface area contributed by atoms with Gasteiger partial charge in [-0.15, -0.1) is 0 Å². The number of nitrogen functional groups attached to an aromatic ring is 1. The van der Waals surface area contributed by atoms with E-state index in [2.05, 4.69) is 9.62 Å². The highest BCUT2D eigenvalue weighted by molar-refractivity contribution is 7.89. The average molecular weight is 314 g/mol. The monoisotopic (exact) mass is 314 g/mol. The van der Waals surface area contributed by atoms with Gasteiger partial charge < -0.3 is 10.6 Å². The van der Waals surface area contributed by atoms with Crippen LogP contribution in [-0.4, -0.2) is 44.4 Å². The zero-order valence-electron chi connectivity index (χ0n) is 11.7. The Morgan fingerprint density at radius 1 is 1.48 bits per heavy atom. The number of nitrogens with two attached hydrogens (primary N) is 1. The molecule has 0 heterocycles. The molecule has 1 aromatic carbocycles. The lowest BCUT2D eigenvalue weighted by Gasteiger charge is -2.15. The van der Waals surface area contributed by atoms with Crippen molar-refractivity contribution in [2.75, 3.05) is 25.9 Å². The van der Waals surface area contributed by atoms with E-state index in [-0.39, 0.29) is 17.1 Å². The predicted octanol–water partition coefficient (Wildman–Crippen LogP) is 0.550. The number of likely N-dealkylation sites (N-methyl/N-ethyl adjacent to an activating group) is 1. The molecule has 1 saturated carbocycles. The van der Waals surface area contributed by atoms with Gasteiger partial charge in [-0.3, -0.25) is 10.1 Å². The second kappa shape index (κ2) is 5.96. The summed E-state index contributed by atoms with van der Waals surface area (Å²) in [5.74, 6) is 0. The van der Waals surface area contributed by atoms with Crippen molar-refractivity contribution in [2.24, 2.45) is 0 Å². The number of hydrogen-bond acceptors (Lipinski definition) is 6. The summed E-state index contributed by atoms with van der Waals surface area (Å²) < 4.78 is 26.7. The van der Waals surface area contributed by atoms with E-state index < -0.39 is 20.6 Å². The highest BCUT2D eigenvalue weighted by Crippen LogP contribution is 2.26. The van der Waals surface area contributed by atoms with Crippen molar-refractivity contribution >= 4 is 21.4 Å². The Bertz CT molecular complexity index is 643. The molecule has 116 valence electrons. The van der Waals surface area contributed by atoms with Crippen LogP contribution in [0.3, 0.4) is 0 Å². The van der Waals surface area contributed by atoms with Gasteiger partial charge in [-0.25, -0.2) is 13.1 Å². The van der Waals surface area contributed by atoms with Crippen LogP contribution in [0.2, 0.25) is 0 Å². The van der Waals surface area contributed by atoms with E-state index in [0.717, 1.165) is 25.0 Å². The van der Waals surface area contributed by atoms with Crippen molar-refractivity contribution in [3.8, 4) is 0 Å². The zero-order chi connectivity index (χ0) is 15.6. The molecule has 1 aromatic rings. The van der Waals surface area contributed by atoms with Crippen molar-refractivity contribution in [2.45, 2.75) is 23.8 Å². The number of sulfonamides is 1. The number of nitrogens with one attached hydrogen (secondary N) is 1. The number of nitro groups is 1. The SMILES string of the molecule is CN(CCNS(=O)(=O)c1ccc(N)cc1[N+](=O)[O-])C1CC1. The summed E-state index contributed by atoms with van der Waals surface area (Å²) in [6, 6.07) is 4.06. The van der Waals surface area contributed by atoms with Gasteiger partial charge in [0.1, 0.15) is 0 Å². The first-order chi connectivity index (χ1) is 9.81. The second-order valence-electron chi connectivity index (χ2n) is 5.09. The number of nitrogens with zero attached hydrogens (tertiary/aromatic N) is 2. The summed E-state index contributed by atoms with van der Waals surface area (Å²) >= 11 is 0. The third kappa shape index (κ3) is 3.90. The number of benzene rings is 1.